The van der Waals surface area contributed by atoms with Gasteiger partial charge in [0.05, 0.1) is 25.3 Å². The smallest absolute Gasteiger partial charge is 0.259 e. The number of benzene rings is 3. The van der Waals surface area contributed by atoms with Crippen LogP contribution in [0.3, 0.4) is 0 Å². The molecule has 0 fully saturated rings. The summed E-state index contributed by atoms with van der Waals surface area (Å²) in [5, 5.41) is 5.72. The molecule has 6 nitrogen and oxygen atoms in total. The van der Waals surface area contributed by atoms with Crippen molar-refractivity contribution in [1.29, 1.82) is 0 Å². The van der Waals surface area contributed by atoms with Crippen molar-refractivity contribution in [3.8, 4) is 11.5 Å². The van der Waals surface area contributed by atoms with Crippen LogP contribution in [0.4, 0.5) is 11.4 Å². The number of hydrogen-bond acceptors (Lipinski definition) is 4. The van der Waals surface area contributed by atoms with Gasteiger partial charge in [-0.2, -0.15) is 0 Å². The number of amides is 2. The molecule has 0 radical (unpaired) electrons. The van der Waals surface area contributed by atoms with E-state index in [9.17, 15) is 9.59 Å². The van der Waals surface area contributed by atoms with Crippen LogP contribution in [-0.4, -0.2) is 26.0 Å². The van der Waals surface area contributed by atoms with Crippen molar-refractivity contribution in [3.05, 3.63) is 83.4 Å². The van der Waals surface area contributed by atoms with Crippen molar-refractivity contribution in [2.24, 2.45) is 0 Å². The molecule has 3 rings (SSSR count). The van der Waals surface area contributed by atoms with Gasteiger partial charge in [0.2, 0.25) is 0 Å². The summed E-state index contributed by atoms with van der Waals surface area (Å²) in [5.74, 6) is 0.386. The predicted octanol–water partition coefficient (Wildman–Crippen LogP) is 4.52. The van der Waals surface area contributed by atoms with E-state index in [2.05, 4.69) is 10.6 Å². The highest BCUT2D eigenvalue weighted by atomic mass is 16.5. The minimum atomic E-state index is -0.298. The van der Waals surface area contributed by atoms with Gasteiger partial charge in [-0.3, -0.25) is 9.59 Å². The first-order valence-corrected chi connectivity index (χ1v) is 9.03. The van der Waals surface area contributed by atoms with Crippen molar-refractivity contribution < 1.29 is 19.1 Å². The molecule has 0 aliphatic rings. The van der Waals surface area contributed by atoms with Gasteiger partial charge in [0, 0.05) is 11.4 Å². The fraction of sp³-hybridized carbons (Fsp3) is 0.130. The molecule has 0 atom stereocenters. The molecule has 29 heavy (non-hydrogen) atoms. The Morgan fingerprint density at radius 3 is 1.79 bits per heavy atom. The van der Waals surface area contributed by atoms with Crippen molar-refractivity contribution in [2.45, 2.75) is 6.92 Å². The third-order valence-electron chi connectivity index (χ3n) is 4.45. The number of carbonyl (C=O) groups excluding carboxylic acids is 2. The molecule has 148 valence electrons. The standard InChI is InChI=1S/C23H22N2O4/c1-15-12-13-16(24-22(26)17-8-4-6-10-20(17)28-2)14-19(15)25-23(27)18-9-5-7-11-21(18)29-3/h4-14H,1-3H3,(H,24,26)(H,25,27). The zero-order valence-electron chi connectivity index (χ0n) is 16.5. The van der Waals surface area contributed by atoms with Crippen molar-refractivity contribution >= 4 is 23.2 Å². The fourth-order valence-corrected chi connectivity index (χ4v) is 2.89. The fourth-order valence-electron chi connectivity index (χ4n) is 2.89. The third kappa shape index (κ3) is 4.55. The van der Waals surface area contributed by atoms with Crippen molar-refractivity contribution in [2.75, 3.05) is 24.9 Å². The largest absolute Gasteiger partial charge is 0.496 e. The first-order valence-electron chi connectivity index (χ1n) is 9.03. The molecule has 0 saturated heterocycles. The Labute approximate surface area is 169 Å². The van der Waals surface area contributed by atoms with E-state index in [1.807, 2.05) is 13.0 Å². The Kier molecular flexibility index (Phi) is 6.14. The molecular weight excluding hydrogens is 368 g/mol. The van der Waals surface area contributed by atoms with Gasteiger partial charge >= 0.3 is 0 Å². The maximum atomic E-state index is 12.7. The lowest BCUT2D eigenvalue weighted by molar-refractivity contribution is 0.101. The molecule has 0 bridgehead atoms. The number of aryl methyl sites for hydroxylation is 1. The average molecular weight is 390 g/mol. The highest BCUT2D eigenvalue weighted by Gasteiger charge is 2.15. The summed E-state index contributed by atoms with van der Waals surface area (Å²) >= 11 is 0. The monoisotopic (exact) mass is 390 g/mol. The van der Waals surface area contributed by atoms with E-state index in [1.54, 1.807) is 60.7 Å². The number of nitrogens with one attached hydrogen (secondary N) is 2. The molecular formula is C23H22N2O4. The van der Waals surface area contributed by atoms with Gasteiger partial charge < -0.3 is 20.1 Å². The van der Waals surface area contributed by atoms with Crippen molar-refractivity contribution in [1.82, 2.24) is 0 Å². The predicted molar refractivity (Wildman–Crippen MR) is 113 cm³/mol. The molecule has 2 N–H and O–H groups in total. The molecule has 3 aromatic carbocycles. The zero-order chi connectivity index (χ0) is 20.8. The van der Waals surface area contributed by atoms with Crippen LogP contribution in [0.1, 0.15) is 26.3 Å². The SMILES string of the molecule is COc1ccccc1C(=O)Nc1ccc(C)c(NC(=O)c2ccccc2OC)c1. The van der Waals surface area contributed by atoms with Gasteiger partial charge in [-0.15, -0.1) is 0 Å². The number of para-hydroxylation sites is 2. The van der Waals surface area contributed by atoms with Crippen LogP contribution >= 0.6 is 0 Å². The van der Waals surface area contributed by atoms with Crippen LogP contribution in [0, 0.1) is 6.92 Å². The Balaban J connectivity index is 1.81. The van der Waals surface area contributed by atoms with Gasteiger partial charge in [0.15, 0.2) is 0 Å². The number of carbonyl (C=O) groups is 2. The van der Waals surface area contributed by atoms with Gasteiger partial charge in [-0.1, -0.05) is 30.3 Å². The molecule has 2 amide bonds. The van der Waals surface area contributed by atoms with Crippen LogP contribution in [0.25, 0.3) is 0 Å². The number of ether oxygens (including phenoxy) is 2. The number of methoxy groups -OCH3 is 2. The first-order chi connectivity index (χ1) is 14.0. The molecule has 0 aromatic heterocycles. The van der Waals surface area contributed by atoms with Crippen LogP contribution in [0.2, 0.25) is 0 Å². The lowest BCUT2D eigenvalue weighted by atomic mass is 10.1. The Hall–Kier alpha value is -3.80. The van der Waals surface area contributed by atoms with Gasteiger partial charge in [-0.05, 0) is 48.9 Å². The highest BCUT2D eigenvalue weighted by Crippen LogP contribution is 2.25. The lowest BCUT2D eigenvalue weighted by Gasteiger charge is -2.14. The van der Waals surface area contributed by atoms with E-state index in [-0.39, 0.29) is 11.8 Å². The second-order valence-corrected chi connectivity index (χ2v) is 6.34. The summed E-state index contributed by atoms with van der Waals surface area (Å²) in [5.41, 5.74) is 2.87. The molecule has 0 saturated carbocycles. The zero-order valence-corrected chi connectivity index (χ0v) is 16.5. The summed E-state index contributed by atoms with van der Waals surface area (Å²) in [4.78, 5) is 25.3. The van der Waals surface area contributed by atoms with Gasteiger partial charge in [0.1, 0.15) is 11.5 Å². The van der Waals surface area contributed by atoms with E-state index in [1.165, 1.54) is 14.2 Å². The molecule has 6 heteroatoms. The second-order valence-electron chi connectivity index (χ2n) is 6.34. The van der Waals surface area contributed by atoms with Crippen molar-refractivity contribution in [3.63, 3.8) is 0 Å². The normalized spacial score (nSPS) is 10.2. The topological polar surface area (TPSA) is 76.7 Å². The quantitative estimate of drug-likeness (QED) is 0.649. The minimum Gasteiger partial charge on any atom is -0.496 e. The van der Waals surface area contributed by atoms with E-state index >= 15 is 0 Å². The van der Waals surface area contributed by atoms with Crippen LogP contribution < -0.4 is 20.1 Å². The maximum absolute atomic E-state index is 12.7. The molecule has 0 aliphatic heterocycles. The molecule has 0 unspecified atom stereocenters. The van der Waals surface area contributed by atoms with E-state index in [0.717, 1.165) is 5.56 Å². The number of rotatable bonds is 6. The number of hydrogen-bond donors (Lipinski definition) is 2. The maximum Gasteiger partial charge on any atom is 0.259 e. The lowest BCUT2D eigenvalue weighted by Crippen LogP contribution is -2.16. The first kappa shape index (κ1) is 19.9. The Morgan fingerprint density at radius 1 is 0.724 bits per heavy atom. The Bertz CT molecular complexity index is 1050. The van der Waals surface area contributed by atoms with E-state index < -0.39 is 0 Å². The third-order valence-corrected chi connectivity index (χ3v) is 4.45. The summed E-state index contributed by atoms with van der Waals surface area (Å²) in [6, 6.07) is 19.3. The summed E-state index contributed by atoms with van der Waals surface area (Å²) in [6.45, 7) is 1.88. The van der Waals surface area contributed by atoms with E-state index in [4.69, 9.17) is 9.47 Å². The second kappa shape index (κ2) is 8.93. The molecule has 0 aliphatic carbocycles. The summed E-state index contributed by atoms with van der Waals surface area (Å²) < 4.78 is 10.5. The highest BCUT2D eigenvalue weighted by molar-refractivity contribution is 6.08. The number of anilines is 2. The van der Waals surface area contributed by atoms with E-state index in [0.29, 0.717) is 34.0 Å². The average Bonchev–Trinajstić information content (AvgIpc) is 2.75. The van der Waals surface area contributed by atoms with Crippen LogP contribution in [0.15, 0.2) is 66.7 Å². The van der Waals surface area contributed by atoms with Crippen LogP contribution in [0.5, 0.6) is 11.5 Å². The minimum absolute atomic E-state index is 0.293. The Morgan fingerprint density at radius 2 is 1.24 bits per heavy atom. The van der Waals surface area contributed by atoms with Crippen LogP contribution in [-0.2, 0) is 0 Å². The summed E-state index contributed by atoms with van der Waals surface area (Å²) in [7, 11) is 3.04. The molecule has 0 heterocycles. The van der Waals surface area contributed by atoms with Gasteiger partial charge in [0.25, 0.3) is 11.8 Å². The summed E-state index contributed by atoms with van der Waals surface area (Å²) in [6.07, 6.45) is 0. The molecule has 0 spiro atoms. The molecule has 3 aromatic rings. The van der Waals surface area contributed by atoms with Gasteiger partial charge in [-0.25, -0.2) is 0 Å².